The summed E-state index contributed by atoms with van der Waals surface area (Å²) >= 11 is 4.19. The Bertz CT molecular complexity index is 442. The van der Waals surface area contributed by atoms with E-state index < -0.39 is 0 Å². The van der Waals surface area contributed by atoms with Crippen molar-refractivity contribution in [3.8, 4) is 5.75 Å². The maximum atomic E-state index is 12.0. The number of aromatic hydroxyl groups is 1. The number of hydrogen-bond acceptors (Lipinski definition) is 2. The quantitative estimate of drug-likeness (QED) is 0.671. The number of carbonyl (C=O) groups is 1. The van der Waals surface area contributed by atoms with Crippen molar-refractivity contribution in [1.29, 1.82) is 0 Å². The lowest BCUT2D eigenvalue weighted by atomic mass is 10.1. The second-order valence-corrected chi connectivity index (χ2v) is 6.65. The molecular formula is C12H13I2NO2. The minimum atomic E-state index is -0.161. The minimum Gasteiger partial charge on any atom is -0.506 e. The Morgan fingerprint density at radius 2 is 1.94 bits per heavy atom. The van der Waals surface area contributed by atoms with Gasteiger partial charge in [-0.3, -0.25) is 4.79 Å². The fourth-order valence-corrected chi connectivity index (χ4v) is 3.92. The zero-order valence-corrected chi connectivity index (χ0v) is 13.5. The molecule has 2 rings (SSSR count). The number of benzene rings is 1. The third-order valence-corrected chi connectivity index (χ3v) is 4.41. The molecular weight excluding hydrogens is 444 g/mol. The molecule has 0 bridgehead atoms. The molecule has 2 N–H and O–H groups in total. The summed E-state index contributed by atoms with van der Waals surface area (Å²) in [6.45, 7) is 0. The van der Waals surface area contributed by atoms with Crippen LogP contribution in [0.15, 0.2) is 12.1 Å². The van der Waals surface area contributed by atoms with E-state index in [0.717, 1.165) is 16.4 Å². The highest BCUT2D eigenvalue weighted by Crippen LogP contribution is 2.27. The van der Waals surface area contributed by atoms with Gasteiger partial charge in [0, 0.05) is 9.61 Å². The maximum absolute atomic E-state index is 12.0. The molecule has 1 aliphatic rings. The van der Waals surface area contributed by atoms with Crippen molar-refractivity contribution < 1.29 is 9.90 Å². The highest BCUT2D eigenvalue weighted by molar-refractivity contribution is 14.1. The summed E-state index contributed by atoms with van der Waals surface area (Å²) in [5.74, 6) is -0.0765. The number of phenols is 1. The van der Waals surface area contributed by atoms with E-state index in [2.05, 4.69) is 27.9 Å². The second kappa shape index (κ2) is 5.73. The Morgan fingerprint density at radius 1 is 1.29 bits per heavy atom. The molecule has 92 valence electrons. The molecule has 0 spiro atoms. The van der Waals surface area contributed by atoms with Gasteiger partial charge in [0.1, 0.15) is 5.75 Å². The van der Waals surface area contributed by atoms with E-state index >= 15 is 0 Å². The molecule has 1 aromatic rings. The molecule has 0 atom stereocenters. The third-order valence-electron chi connectivity index (χ3n) is 2.96. The molecule has 1 aromatic carbocycles. The van der Waals surface area contributed by atoms with Gasteiger partial charge in [-0.25, -0.2) is 0 Å². The van der Waals surface area contributed by atoms with Crippen LogP contribution in [-0.2, 0) is 0 Å². The second-order valence-electron chi connectivity index (χ2n) is 4.24. The van der Waals surface area contributed by atoms with Crippen molar-refractivity contribution in [2.45, 2.75) is 31.7 Å². The molecule has 0 radical (unpaired) electrons. The summed E-state index contributed by atoms with van der Waals surface area (Å²) in [6, 6.07) is 3.85. The Labute approximate surface area is 128 Å². The average molecular weight is 457 g/mol. The molecule has 0 saturated heterocycles. The van der Waals surface area contributed by atoms with E-state index in [1.807, 2.05) is 28.7 Å². The zero-order valence-electron chi connectivity index (χ0n) is 9.17. The van der Waals surface area contributed by atoms with Crippen molar-refractivity contribution in [3.05, 3.63) is 24.8 Å². The summed E-state index contributed by atoms with van der Waals surface area (Å²) in [5.41, 5.74) is 0.383. The van der Waals surface area contributed by atoms with Gasteiger partial charge < -0.3 is 10.4 Å². The van der Waals surface area contributed by atoms with Crippen LogP contribution in [0.5, 0.6) is 5.75 Å². The molecule has 1 saturated carbocycles. The van der Waals surface area contributed by atoms with Crippen LogP contribution in [0.1, 0.15) is 36.0 Å². The van der Waals surface area contributed by atoms with E-state index in [9.17, 15) is 9.90 Å². The summed E-state index contributed by atoms with van der Waals surface area (Å²) in [5, 5.41) is 12.9. The van der Waals surface area contributed by atoms with Crippen LogP contribution in [0, 0.1) is 7.14 Å². The molecule has 0 aliphatic heterocycles. The smallest absolute Gasteiger partial charge is 0.255 e. The molecule has 17 heavy (non-hydrogen) atoms. The zero-order chi connectivity index (χ0) is 12.4. The van der Waals surface area contributed by atoms with Crippen LogP contribution in [0.25, 0.3) is 0 Å². The van der Waals surface area contributed by atoms with Crippen molar-refractivity contribution >= 4 is 51.1 Å². The molecule has 0 aromatic heterocycles. The number of nitrogens with one attached hydrogen (secondary N) is 1. The molecule has 0 heterocycles. The normalized spacial score (nSPS) is 16.1. The van der Waals surface area contributed by atoms with Gasteiger partial charge >= 0.3 is 0 Å². The predicted octanol–water partition coefficient (Wildman–Crippen LogP) is 3.27. The van der Waals surface area contributed by atoms with Crippen LogP contribution < -0.4 is 5.32 Å². The Kier molecular flexibility index (Phi) is 4.51. The standard InChI is InChI=1S/C12H13I2NO2/c13-7-5-9(11(16)10(14)6-7)12(17)15-8-3-1-2-4-8/h5-6,8,16H,1-4H2,(H,15,17). The number of rotatable bonds is 2. The first-order valence-corrected chi connectivity index (χ1v) is 7.72. The molecule has 0 unspecified atom stereocenters. The lowest BCUT2D eigenvalue weighted by Gasteiger charge is -2.13. The number of halogens is 2. The van der Waals surface area contributed by atoms with Gasteiger partial charge in [0.2, 0.25) is 0 Å². The van der Waals surface area contributed by atoms with E-state index in [0.29, 0.717) is 9.13 Å². The number of hydrogen-bond donors (Lipinski definition) is 2. The molecule has 5 heteroatoms. The van der Waals surface area contributed by atoms with Crippen molar-refractivity contribution in [1.82, 2.24) is 5.32 Å². The van der Waals surface area contributed by atoms with Gasteiger partial charge in [-0.2, -0.15) is 0 Å². The van der Waals surface area contributed by atoms with Gasteiger partial charge in [-0.1, -0.05) is 12.8 Å². The SMILES string of the molecule is O=C(NC1CCCC1)c1cc(I)cc(I)c1O. The van der Waals surface area contributed by atoms with Crippen molar-refractivity contribution in [2.75, 3.05) is 0 Å². The summed E-state index contributed by atoms with van der Waals surface area (Å²) in [7, 11) is 0. The number of phenolic OH excluding ortho intramolecular Hbond substituents is 1. The highest BCUT2D eigenvalue weighted by atomic mass is 127. The summed E-state index contributed by atoms with van der Waals surface area (Å²) in [6.07, 6.45) is 4.46. The van der Waals surface area contributed by atoms with Crippen LogP contribution in [0.4, 0.5) is 0 Å². The van der Waals surface area contributed by atoms with Crippen molar-refractivity contribution in [2.24, 2.45) is 0 Å². The monoisotopic (exact) mass is 457 g/mol. The Balaban J connectivity index is 2.18. The van der Waals surface area contributed by atoms with E-state index in [4.69, 9.17) is 0 Å². The van der Waals surface area contributed by atoms with Crippen LogP contribution in [0.3, 0.4) is 0 Å². The first kappa shape index (κ1) is 13.4. The Hall–Kier alpha value is -0.0500. The van der Waals surface area contributed by atoms with Gasteiger partial charge in [0.15, 0.2) is 0 Å². The van der Waals surface area contributed by atoms with E-state index in [1.165, 1.54) is 12.8 Å². The van der Waals surface area contributed by atoms with Gasteiger partial charge in [-0.05, 0) is 70.2 Å². The molecule has 3 nitrogen and oxygen atoms in total. The first-order valence-electron chi connectivity index (χ1n) is 5.57. The number of amides is 1. The van der Waals surface area contributed by atoms with Crippen LogP contribution in [0.2, 0.25) is 0 Å². The van der Waals surface area contributed by atoms with Gasteiger partial charge in [-0.15, -0.1) is 0 Å². The first-order chi connectivity index (χ1) is 8.08. The van der Waals surface area contributed by atoms with Crippen molar-refractivity contribution in [3.63, 3.8) is 0 Å². The van der Waals surface area contributed by atoms with Crippen LogP contribution >= 0.6 is 45.2 Å². The summed E-state index contributed by atoms with van der Waals surface area (Å²) < 4.78 is 1.67. The molecule has 1 fully saturated rings. The maximum Gasteiger partial charge on any atom is 0.255 e. The third kappa shape index (κ3) is 3.24. The number of carbonyl (C=O) groups excluding carboxylic acids is 1. The van der Waals surface area contributed by atoms with Gasteiger partial charge in [0.05, 0.1) is 9.13 Å². The Morgan fingerprint density at radius 3 is 2.59 bits per heavy atom. The van der Waals surface area contributed by atoms with E-state index in [1.54, 1.807) is 6.07 Å². The largest absolute Gasteiger partial charge is 0.506 e. The topological polar surface area (TPSA) is 49.3 Å². The van der Waals surface area contributed by atoms with E-state index in [-0.39, 0.29) is 17.7 Å². The minimum absolute atomic E-state index is 0.0847. The fraction of sp³-hybridized carbons (Fsp3) is 0.417. The highest BCUT2D eigenvalue weighted by Gasteiger charge is 2.20. The average Bonchev–Trinajstić information content (AvgIpc) is 2.76. The lowest BCUT2D eigenvalue weighted by Crippen LogP contribution is -2.32. The summed E-state index contributed by atoms with van der Waals surface area (Å²) in [4.78, 5) is 12.0. The lowest BCUT2D eigenvalue weighted by molar-refractivity contribution is 0.0935. The van der Waals surface area contributed by atoms with Crippen LogP contribution in [-0.4, -0.2) is 17.1 Å². The fourth-order valence-electron chi connectivity index (χ4n) is 2.07. The molecule has 1 amide bonds. The van der Waals surface area contributed by atoms with Gasteiger partial charge in [0.25, 0.3) is 5.91 Å². The predicted molar refractivity (Wildman–Crippen MR) is 83.3 cm³/mol. The molecule has 1 aliphatic carbocycles.